The van der Waals surface area contributed by atoms with Gasteiger partial charge in [-0.25, -0.2) is 0 Å². The average molecular weight is 124 g/mol. The predicted octanol–water partition coefficient (Wildman–Crippen LogP) is 1.75. The van der Waals surface area contributed by atoms with Gasteiger partial charge < -0.3 is 0 Å². The lowest BCUT2D eigenvalue weighted by atomic mass is 10.3. The van der Waals surface area contributed by atoms with Crippen molar-refractivity contribution in [1.29, 1.82) is 0 Å². The largest absolute Gasteiger partial charge is 0.271 e. The fourth-order valence-electron chi connectivity index (χ4n) is 0.611. The van der Waals surface area contributed by atoms with Gasteiger partial charge in [-0.05, 0) is 13.8 Å². The Morgan fingerprint density at radius 1 is 1.67 bits per heavy atom. The summed E-state index contributed by atoms with van der Waals surface area (Å²) < 4.78 is 0. The summed E-state index contributed by atoms with van der Waals surface area (Å²) in [5, 5.41) is 9.18. The van der Waals surface area contributed by atoms with Crippen LogP contribution in [-0.4, -0.2) is 11.6 Å². The Kier molecular flexibility index (Phi) is 1.51. The minimum absolute atomic E-state index is 0.752. The molecule has 49 valence electrons. The fraction of sp³-hybridized carbons (Fsp3) is 0.500. The molecule has 0 aromatic carbocycles. The number of rotatable bonds is 0. The van der Waals surface area contributed by atoms with Crippen molar-refractivity contribution in [2.45, 2.75) is 13.8 Å². The summed E-state index contributed by atoms with van der Waals surface area (Å²) in [5.41, 5.74) is 2.25. The van der Waals surface area contributed by atoms with Crippen LogP contribution in [-0.2, 0) is 0 Å². The molecule has 1 heterocycles. The maximum absolute atomic E-state index is 3.88. The van der Waals surface area contributed by atoms with Crippen LogP contribution in [0.1, 0.15) is 13.8 Å². The summed E-state index contributed by atoms with van der Waals surface area (Å²) >= 11 is 0. The molecule has 1 rings (SSSR count). The first-order chi connectivity index (χ1) is 4.20. The minimum Gasteiger partial charge on any atom is -0.271 e. The molecule has 0 aromatic rings. The first-order valence-electron chi connectivity index (χ1n) is 2.86. The quantitative estimate of drug-likeness (QED) is 0.483. The summed E-state index contributed by atoms with van der Waals surface area (Å²) in [6.07, 6.45) is 0. The molecule has 1 radical (unpaired) electrons. The molecule has 0 N–H and O–H groups in total. The normalized spacial score (nSPS) is 17.2. The summed E-state index contributed by atoms with van der Waals surface area (Å²) in [6.45, 7) is 4.80. The minimum atomic E-state index is 0.752. The van der Waals surface area contributed by atoms with Crippen LogP contribution in [0.15, 0.2) is 21.6 Å². The molecule has 0 saturated carbocycles. The van der Waals surface area contributed by atoms with E-state index in [1.165, 1.54) is 5.57 Å². The maximum Gasteiger partial charge on any atom is 0.0845 e. The highest BCUT2D eigenvalue weighted by atomic mass is 15.6. The van der Waals surface area contributed by atoms with Gasteiger partial charge in [0, 0.05) is 0 Å². The van der Waals surface area contributed by atoms with Gasteiger partial charge in [-0.2, -0.15) is 0 Å². The Morgan fingerprint density at radius 2 is 2.33 bits per heavy atom. The van der Waals surface area contributed by atoms with Gasteiger partial charge in [0.25, 0.3) is 0 Å². The van der Waals surface area contributed by atoms with Gasteiger partial charge in [0.1, 0.15) is 0 Å². The third kappa shape index (κ3) is 1.28. The van der Waals surface area contributed by atoms with Gasteiger partial charge in [0.05, 0.1) is 19.3 Å². The molecule has 3 nitrogen and oxygen atoms in total. The fourth-order valence-corrected chi connectivity index (χ4v) is 0.611. The van der Waals surface area contributed by atoms with Crippen LogP contribution in [0.25, 0.3) is 0 Å². The van der Waals surface area contributed by atoms with Gasteiger partial charge in [-0.3, -0.25) is 5.01 Å². The molecule has 1 aliphatic heterocycles. The van der Waals surface area contributed by atoms with Crippen molar-refractivity contribution in [2.24, 2.45) is 10.3 Å². The highest BCUT2D eigenvalue weighted by Crippen LogP contribution is 2.14. The van der Waals surface area contributed by atoms with Crippen molar-refractivity contribution in [3.05, 3.63) is 18.3 Å². The van der Waals surface area contributed by atoms with E-state index >= 15 is 0 Å². The molecular formula is C6H10N3. The predicted molar refractivity (Wildman–Crippen MR) is 35.3 cm³/mol. The molecule has 3 heteroatoms. The van der Waals surface area contributed by atoms with E-state index in [2.05, 4.69) is 17.4 Å². The SMILES string of the molecule is [CH2]N1CC(=C(C)C)N=N1. The van der Waals surface area contributed by atoms with Crippen LogP contribution in [0.4, 0.5) is 0 Å². The Bertz CT molecular complexity index is 165. The molecule has 0 unspecified atom stereocenters. The lowest BCUT2D eigenvalue weighted by molar-refractivity contribution is 0.444. The van der Waals surface area contributed by atoms with Crippen molar-refractivity contribution in [3.8, 4) is 0 Å². The van der Waals surface area contributed by atoms with Gasteiger partial charge in [-0.1, -0.05) is 10.8 Å². The molecule has 0 amide bonds. The van der Waals surface area contributed by atoms with E-state index in [0.717, 1.165) is 12.2 Å². The number of hydrogen-bond donors (Lipinski definition) is 0. The zero-order chi connectivity index (χ0) is 6.85. The van der Waals surface area contributed by atoms with E-state index in [-0.39, 0.29) is 0 Å². The van der Waals surface area contributed by atoms with Gasteiger partial charge in [0.2, 0.25) is 0 Å². The molecule has 9 heavy (non-hydrogen) atoms. The Balaban J connectivity index is 2.71. The van der Waals surface area contributed by atoms with Crippen LogP contribution in [0, 0.1) is 7.05 Å². The molecule has 0 spiro atoms. The highest BCUT2D eigenvalue weighted by molar-refractivity contribution is 5.10. The van der Waals surface area contributed by atoms with Crippen molar-refractivity contribution >= 4 is 0 Å². The standard InChI is InChI=1S/C6H10N3/c1-5(2)6-4-9(3)8-7-6/h3-4H2,1-2H3. The van der Waals surface area contributed by atoms with Crippen molar-refractivity contribution < 1.29 is 0 Å². The molecule has 1 aliphatic rings. The third-order valence-electron chi connectivity index (χ3n) is 1.20. The van der Waals surface area contributed by atoms with Crippen molar-refractivity contribution in [2.75, 3.05) is 6.54 Å². The lowest BCUT2D eigenvalue weighted by Gasteiger charge is -1.99. The summed E-state index contributed by atoms with van der Waals surface area (Å²) in [7, 11) is 3.61. The molecular weight excluding hydrogens is 114 g/mol. The monoisotopic (exact) mass is 124 g/mol. The Morgan fingerprint density at radius 3 is 2.56 bits per heavy atom. The Labute approximate surface area is 55.0 Å². The second-order valence-electron chi connectivity index (χ2n) is 2.30. The second kappa shape index (κ2) is 2.17. The maximum atomic E-state index is 3.88. The van der Waals surface area contributed by atoms with Gasteiger partial charge in [0.15, 0.2) is 0 Å². The van der Waals surface area contributed by atoms with E-state index in [1.54, 1.807) is 5.01 Å². The van der Waals surface area contributed by atoms with Gasteiger partial charge >= 0.3 is 0 Å². The van der Waals surface area contributed by atoms with Crippen molar-refractivity contribution in [1.82, 2.24) is 5.01 Å². The lowest BCUT2D eigenvalue weighted by Crippen LogP contribution is -2.04. The zero-order valence-corrected chi connectivity index (χ0v) is 5.76. The molecule has 0 aromatic heterocycles. The molecule has 0 bridgehead atoms. The highest BCUT2D eigenvalue weighted by Gasteiger charge is 2.07. The van der Waals surface area contributed by atoms with E-state index < -0.39 is 0 Å². The Hall–Kier alpha value is -0.860. The summed E-state index contributed by atoms with van der Waals surface area (Å²) in [6, 6.07) is 0. The molecule has 0 saturated heterocycles. The first kappa shape index (κ1) is 6.26. The number of nitrogens with zero attached hydrogens (tertiary/aromatic N) is 3. The number of hydrogen-bond acceptors (Lipinski definition) is 3. The van der Waals surface area contributed by atoms with Crippen LogP contribution < -0.4 is 0 Å². The molecule has 0 aliphatic carbocycles. The van der Waals surface area contributed by atoms with Crippen LogP contribution in [0.2, 0.25) is 0 Å². The van der Waals surface area contributed by atoms with Crippen LogP contribution in [0.5, 0.6) is 0 Å². The van der Waals surface area contributed by atoms with E-state index in [9.17, 15) is 0 Å². The van der Waals surface area contributed by atoms with Crippen LogP contribution >= 0.6 is 0 Å². The zero-order valence-electron chi connectivity index (χ0n) is 5.76. The topological polar surface area (TPSA) is 28.0 Å². The second-order valence-corrected chi connectivity index (χ2v) is 2.30. The first-order valence-corrected chi connectivity index (χ1v) is 2.86. The van der Waals surface area contributed by atoms with Gasteiger partial charge in [-0.15, -0.1) is 5.11 Å². The van der Waals surface area contributed by atoms with Crippen LogP contribution in [0.3, 0.4) is 0 Å². The summed E-state index contributed by atoms with van der Waals surface area (Å²) in [4.78, 5) is 0. The third-order valence-corrected chi connectivity index (χ3v) is 1.20. The van der Waals surface area contributed by atoms with E-state index in [0.29, 0.717) is 0 Å². The molecule has 0 atom stereocenters. The van der Waals surface area contributed by atoms with E-state index in [1.807, 2.05) is 13.8 Å². The number of allylic oxidation sites excluding steroid dienone is 1. The van der Waals surface area contributed by atoms with Crippen molar-refractivity contribution in [3.63, 3.8) is 0 Å². The smallest absolute Gasteiger partial charge is 0.0845 e. The average Bonchev–Trinajstić information content (AvgIpc) is 2.14. The summed E-state index contributed by atoms with van der Waals surface area (Å²) in [5.74, 6) is 0. The molecule has 0 fully saturated rings. The van der Waals surface area contributed by atoms with E-state index in [4.69, 9.17) is 0 Å².